The topological polar surface area (TPSA) is 35.2 Å². The molecular formula is C14H20BrNO. The van der Waals surface area contributed by atoms with Crippen molar-refractivity contribution in [1.82, 2.24) is 0 Å². The Balaban J connectivity index is 2.55. The molecule has 0 radical (unpaired) electrons. The van der Waals surface area contributed by atoms with Gasteiger partial charge in [-0.3, -0.25) is 0 Å². The fourth-order valence-corrected chi connectivity index (χ4v) is 3.30. The largest absolute Gasteiger partial charge is 0.496 e. The summed E-state index contributed by atoms with van der Waals surface area (Å²) in [6.07, 6.45) is 5.51. The van der Waals surface area contributed by atoms with E-state index < -0.39 is 0 Å². The van der Waals surface area contributed by atoms with Crippen molar-refractivity contribution in [2.75, 3.05) is 7.11 Å². The number of nitrogens with two attached hydrogens (primary N) is 1. The van der Waals surface area contributed by atoms with Crippen molar-refractivity contribution >= 4 is 15.9 Å². The highest BCUT2D eigenvalue weighted by molar-refractivity contribution is 9.10. The van der Waals surface area contributed by atoms with Crippen molar-refractivity contribution in [3.05, 3.63) is 27.7 Å². The van der Waals surface area contributed by atoms with Crippen molar-refractivity contribution in [2.24, 2.45) is 5.73 Å². The molecule has 94 valence electrons. The van der Waals surface area contributed by atoms with Crippen molar-refractivity contribution < 1.29 is 4.74 Å². The number of rotatable bonds is 3. The van der Waals surface area contributed by atoms with Crippen LogP contribution in [-0.2, 0) is 12.0 Å². The van der Waals surface area contributed by atoms with Gasteiger partial charge in [0.05, 0.1) is 7.11 Å². The molecule has 0 unspecified atom stereocenters. The summed E-state index contributed by atoms with van der Waals surface area (Å²) >= 11 is 3.58. The molecule has 0 saturated heterocycles. The third-order valence-electron chi connectivity index (χ3n) is 3.75. The van der Waals surface area contributed by atoms with Gasteiger partial charge in [-0.25, -0.2) is 0 Å². The minimum absolute atomic E-state index is 0.195. The van der Waals surface area contributed by atoms with Crippen LogP contribution in [0, 0.1) is 0 Å². The minimum atomic E-state index is -0.195. The van der Waals surface area contributed by atoms with Gasteiger partial charge in [-0.2, -0.15) is 0 Å². The van der Waals surface area contributed by atoms with Crippen LogP contribution in [0.3, 0.4) is 0 Å². The highest BCUT2D eigenvalue weighted by Crippen LogP contribution is 2.43. The van der Waals surface area contributed by atoms with Crippen LogP contribution >= 0.6 is 15.9 Å². The predicted octanol–water partition coefficient (Wildman–Crippen LogP) is 3.75. The van der Waals surface area contributed by atoms with Crippen LogP contribution in [0.4, 0.5) is 0 Å². The average molecular weight is 298 g/mol. The summed E-state index contributed by atoms with van der Waals surface area (Å²) in [5, 5.41) is 0. The van der Waals surface area contributed by atoms with Gasteiger partial charge in [-0.15, -0.1) is 0 Å². The highest BCUT2D eigenvalue weighted by atomic mass is 79.9. The number of hydrogen-bond donors (Lipinski definition) is 1. The minimum Gasteiger partial charge on any atom is -0.496 e. The molecule has 1 aliphatic carbocycles. The molecule has 2 N–H and O–H groups in total. The predicted molar refractivity (Wildman–Crippen MR) is 74.4 cm³/mol. The number of halogens is 1. The molecule has 1 aromatic carbocycles. The molecule has 0 bridgehead atoms. The zero-order valence-corrected chi connectivity index (χ0v) is 12.1. The monoisotopic (exact) mass is 297 g/mol. The maximum Gasteiger partial charge on any atom is 0.127 e. The summed E-state index contributed by atoms with van der Waals surface area (Å²) in [6.45, 7) is 2.14. The fraction of sp³-hybridized carbons (Fsp3) is 0.571. The summed E-state index contributed by atoms with van der Waals surface area (Å²) in [4.78, 5) is 0. The standard InChI is InChI=1S/C14H20BrNO/c1-3-10-8-11(15)9-12(13(10)17-2)14(16)6-4-5-7-14/h8-9H,3-7,16H2,1-2H3. The summed E-state index contributed by atoms with van der Waals surface area (Å²) in [6, 6.07) is 4.25. The fourth-order valence-electron chi connectivity index (χ4n) is 2.80. The second kappa shape index (κ2) is 4.99. The van der Waals surface area contributed by atoms with Gasteiger partial charge in [-0.1, -0.05) is 35.7 Å². The summed E-state index contributed by atoms with van der Waals surface area (Å²) < 4.78 is 6.70. The second-order valence-electron chi connectivity index (χ2n) is 4.86. The van der Waals surface area contributed by atoms with Crippen LogP contribution in [-0.4, -0.2) is 7.11 Å². The maximum atomic E-state index is 6.55. The molecule has 1 aromatic rings. The lowest BCUT2D eigenvalue weighted by molar-refractivity contribution is 0.375. The SMILES string of the molecule is CCc1cc(Br)cc(C2(N)CCCC2)c1OC. The van der Waals surface area contributed by atoms with Gasteiger partial charge < -0.3 is 10.5 Å². The van der Waals surface area contributed by atoms with Crippen LogP contribution in [0.15, 0.2) is 16.6 Å². The first-order valence-electron chi connectivity index (χ1n) is 6.26. The third kappa shape index (κ3) is 2.36. The van der Waals surface area contributed by atoms with E-state index in [1.165, 1.54) is 24.0 Å². The first-order valence-corrected chi connectivity index (χ1v) is 7.06. The summed E-state index contributed by atoms with van der Waals surface area (Å²) in [5.41, 5.74) is 8.75. The zero-order valence-electron chi connectivity index (χ0n) is 10.6. The third-order valence-corrected chi connectivity index (χ3v) is 4.21. The van der Waals surface area contributed by atoms with Crippen LogP contribution in [0.1, 0.15) is 43.7 Å². The molecule has 2 rings (SSSR count). The molecule has 1 aliphatic rings. The molecule has 0 heterocycles. The van der Waals surface area contributed by atoms with E-state index in [1.807, 2.05) is 0 Å². The maximum absolute atomic E-state index is 6.55. The van der Waals surface area contributed by atoms with E-state index in [9.17, 15) is 0 Å². The summed E-state index contributed by atoms with van der Waals surface area (Å²) in [5.74, 6) is 0.986. The molecule has 0 aliphatic heterocycles. The van der Waals surface area contributed by atoms with E-state index in [-0.39, 0.29) is 5.54 Å². The number of hydrogen-bond acceptors (Lipinski definition) is 2. The average Bonchev–Trinajstić information content (AvgIpc) is 2.76. The Kier molecular flexibility index (Phi) is 3.79. The lowest BCUT2D eigenvalue weighted by atomic mass is 9.87. The molecule has 0 aromatic heterocycles. The molecule has 3 heteroatoms. The van der Waals surface area contributed by atoms with Crippen LogP contribution in [0.25, 0.3) is 0 Å². The van der Waals surface area contributed by atoms with E-state index in [0.717, 1.165) is 29.5 Å². The molecular weight excluding hydrogens is 278 g/mol. The first-order chi connectivity index (χ1) is 8.10. The van der Waals surface area contributed by atoms with E-state index >= 15 is 0 Å². The number of methoxy groups -OCH3 is 1. The van der Waals surface area contributed by atoms with E-state index in [0.29, 0.717) is 0 Å². The van der Waals surface area contributed by atoms with Crippen LogP contribution < -0.4 is 10.5 Å². The Morgan fingerprint density at radius 2 is 2.00 bits per heavy atom. The van der Waals surface area contributed by atoms with Gasteiger partial charge >= 0.3 is 0 Å². The smallest absolute Gasteiger partial charge is 0.127 e. The van der Waals surface area contributed by atoms with E-state index in [2.05, 4.69) is 35.0 Å². The second-order valence-corrected chi connectivity index (χ2v) is 5.78. The Hall–Kier alpha value is -0.540. The van der Waals surface area contributed by atoms with Gasteiger partial charge in [0.25, 0.3) is 0 Å². The van der Waals surface area contributed by atoms with Crippen molar-refractivity contribution in [1.29, 1.82) is 0 Å². The molecule has 0 amide bonds. The molecule has 17 heavy (non-hydrogen) atoms. The molecule has 0 atom stereocenters. The van der Waals surface area contributed by atoms with Gasteiger partial charge in [0.1, 0.15) is 5.75 Å². The number of ether oxygens (including phenoxy) is 1. The molecule has 1 fully saturated rings. The Morgan fingerprint density at radius 1 is 1.35 bits per heavy atom. The van der Waals surface area contributed by atoms with Gasteiger partial charge in [0, 0.05) is 15.6 Å². The zero-order chi connectivity index (χ0) is 12.5. The van der Waals surface area contributed by atoms with Crippen LogP contribution in [0.5, 0.6) is 5.75 Å². The van der Waals surface area contributed by atoms with Crippen molar-refractivity contribution in [3.8, 4) is 5.75 Å². The normalized spacial score (nSPS) is 18.4. The van der Waals surface area contributed by atoms with Crippen LogP contribution in [0.2, 0.25) is 0 Å². The van der Waals surface area contributed by atoms with Gasteiger partial charge in [0.15, 0.2) is 0 Å². The van der Waals surface area contributed by atoms with Gasteiger partial charge in [0.2, 0.25) is 0 Å². The number of benzene rings is 1. The number of aryl methyl sites for hydroxylation is 1. The lowest BCUT2D eigenvalue weighted by Crippen LogP contribution is -2.33. The Morgan fingerprint density at radius 3 is 2.53 bits per heavy atom. The summed E-state index contributed by atoms with van der Waals surface area (Å²) in [7, 11) is 1.74. The molecule has 0 spiro atoms. The highest BCUT2D eigenvalue weighted by Gasteiger charge is 2.34. The van der Waals surface area contributed by atoms with E-state index in [1.54, 1.807) is 7.11 Å². The lowest BCUT2D eigenvalue weighted by Gasteiger charge is -2.28. The van der Waals surface area contributed by atoms with E-state index in [4.69, 9.17) is 10.5 Å². The van der Waals surface area contributed by atoms with Gasteiger partial charge in [-0.05, 0) is 37.0 Å². The molecule has 2 nitrogen and oxygen atoms in total. The quantitative estimate of drug-likeness (QED) is 0.922. The molecule has 1 saturated carbocycles. The first kappa shape index (κ1) is 12.9. The Bertz CT molecular complexity index is 411. The van der Waals surface area contributed by atoms with Crippen molar-refractivity contribution in [2.45, 2.75) is 44.6 Å². The van der Waals surface area contributed by atoms with Crippen molar-refractivity contribution in [3.63, 3.8) is 0 Å². The Labute approximate surface area is 112 Å².